The Balaban J connectivity index is 2.96. The third-order valence-corrected chi connectivity index (χ3v) is 3.44. The van der Waals surface area contributed by atoms with Gasteiger partial charge < -0.3 is 0 Å². The molecule has 0 fully saturated rings. The first-order chi connectivity index (χ1) is 6.24. The number of thiophene rings is 1. The Kier molecular flexibility index (Phi) is 1.97. The summed E-state index contributed by atoms with van der Waals surface area (Å²) < 4.78 is 1.37. The molecule has 0 amide bonds. The molecule has 0 radical (unpaired) electrons. The van der Waals surface area contributed by atoms with Gasteiger partial charge >= 0.3 is 0 Å². The van der Waals surface area contributed by atoms with Crippen molar-refractivity contribution in [3.63, 3.8) is 0 Å². The van der Waals surface area contributed by atoms with Crippen molar-refractivity contribution < 1.29 is 0 Å². The van der Waals surface area contributed by atoms with Crippen LogP contribution in [0.5, 0.6) is 0 Å². The van der Waals surface area contributed by atoms with Crippen molar-refractivity contribution in [1.29, 1.82) is 0 Å². The van der Waals surface area contributed by atoms with Gasteiger partial charge in [-0.2, -0.15) is 0 Å². The molecule has 13 heavy (non-hydrogen) atoms. The van der Waals surface area contributed by atoms with E-state index in [1.54, 1.807) is 0 Å². The van der Waals surface area contributed by atoms with Crippen molar-refractivity contribution in [1.82, 2.24) is 0 Å². The maximum Gasteiger partial charge on any atom is 0.0354 e. The van der Waals surface area contributed by atoms with E-state index in [-0.39, 0.29) is 0 Å². The minimum Gasteiger partial charge on any atom is -0.140 e. The zero-order valence-electron chi connectivity index (χ0n) is 7.92. The van der Waals surface area contributed by atoms with E-state index in [0.29, 0.717) is 0 Å². The molecule has 1 heteroatoms. The number of hydrogen-bond acceptors (Lipinski definition) is 1. The average molecular weight is 188 g/mol. The van der Waals surface area contributed by atoms with Gasteiger partial charge in [-0.25, -0.2) is 0 Å². The van der Waals surface area contributed by atoms with Crippen LogP contribution < -0.4 is 0 Å². The van der Waals surface area contributed by atoms with Crippen molar-refractivity contribution in [2.45, 2.75) is 13.8 Å². The second-order valence-electron chi connectivity index (χ2n) is 3.22. The van der Waals surface area contributed by atoms with Crippen LogP contribution in [0.3, 0.4) is 0 Å². The molecule has 2 rings (SSSR count). The summed E-state index contributed by atoms with van der Waals surface area (Å²) in [6.45, 7) is 8.17. The van der Waals surface area contributed by atoms with Crippen LogP contribution in [-0.4, -0.2) is 0 Å². The average Bonchev–Trinajstić information content (AvgIpc) is 2.42. The summed E-state index contributed by atoms with van der Waals surface area (Å²) in [5.74, 6) is 0. The molecule has 0 aliphatic heterocycles. The minimum atomic E-state index is 1.30. The fraction of sp³-hybridized carbons (Fsp3) is 0.167. The molecule has 0 saturated carbocycles. The van der Waals surface area contributed by atoms with Gasteiger partial charge in [-0.05, 0) is 31.0 Å². The molecule has 0 bridgehead atoms. The highest BCUT2D eigenvalue weighted by atomic mass is 32.1. The molecule has 0 spiro atoms. The van der Waals surface area contributed by atoms with Crippen LogP contribution in [0.1, 0.15) is 16.0 Å². The van der Waals surface area contributed by atoms with Gasteiger partial charge in [0.1, 0.15) is 0 Å². The van der Waals surface area contributed by atoms with E-state index in [1.165, 1.54) is 26.1 Å². The highest BCUT2D eigenvalue weighted by Gasteiger charge is 2.06. The lowest BCUT2D eigenvalue weighted by Gasteiger charge is -1.97. The quantitative estimate of drug-likeness (QED) is 0.630. The van der Waals surface area contributed by atoms with E-state index in [0.717, 1.165) is 0 Å². The van der Waals surface area contributed by atoms with E-state index in [9.17, 15) is 0 Å². The molecule has 0 atom stereocenters. The van der Waals surface area contributed by atoms with Gasteiger partial charge in [0.2, 0.25) is 0 Å². The first-order valence-electron chi connectivity index (χ1n) is 4.35. The van der Waals surface area contributed by atoms with Crippen LogP contribution in [0, 0.1) is 13.8 Å². The van der Waals surface area contributed by atoms with Crippen LogP contribution in [0.25, 0.3) is 16.2 Å². The predicted octanol–water partition coefficient (Wildman–Crippen LogP) is 4.16. The smallest absolute Gasteiger partial charge is 0.0354 e. The van der Waals surface area contributed by atoms with Gasteiger partial charge in [0, 0.05) is 15.0 Å². The third-order valence-electron chi connectivity index (χ3n) is 2.35. The van der Waals surface area contributed by atoms with Crippen molar-refractivity contribution in [2.75, 3.05) is 0 Å². The Morgan fingerprint density at radius 2 is 2.08 bits per heavy atom. The maximum atomic E-state index is 3.86. The molecule has 0 N–H and O–H groups in total. The third kappa shape index (κ3) is 1.20. The lowest BCUT2D eigenvalue weighted by Crippen LogP contribution is -1.76. The molecule has 0 aliphatic rings. The number of fused-ring (bicyclic) bond motifs is 1. The number of hydrogen-bond donors (Lipinski definition) is 0. The zero-order valence-corrected chi connectivity index (χ0v) is 8.74. The van der Waals surface area contributed by atoms with Gasteiger partial charge in [-0.1, -0.05) is 24.8 Å². The van der Waals surface area contributed by atoms with Gasteiger partial charge in [0.15, 0.2) is 0 Å². The van der Waals surface area contributed by atoms with Crippen LogP contribution in [0.4, 0.5) is 0 Å². The van der Waals surface area contributed by atoms with E-state index in [4.69, 9.17) is 0 Å². The Labute approximate surface area is 82.5 Å². The van der Waals surface area contributed by atoms with E-state index >= 15 is 0 Å². The first kappa shape index (κ1) is 8.52. The lowest BCUT2D eigenvalue weighted by atomic mass is 10.1. The summed E-state index contributed by atoms with van der Waals surface area (Å²) in [6, 6.07) is 6.44. The second kappa shape index (κ2) is 3.00. The SMILES string of the molecule is C=Cc1c(C)sc2cccc(C)c12. The molecule has 1 heterocycles. The molecular weight excluding hydrogens is 176 g/mol. The largest absolute Gasteiger partial charge is 0.140 e. The van der Waals surface area contributed by atoms with Crippen LogP contribution in [-0.2, 0) is 0 Å². The van der Waals surface area contributed by atoms with E-state index in [1.807, 2.05) is 17.4 Å². The molecular formula is C12H12S. The predicted molar refractivity (Wildman–Crippen MR) is 61.4 cm³/mol. The summed E-state index contributed by atoms with van der Waals surface area (Å²) in [4.78, 5) is 1.36. The Bertz CT molecular complexity index is 463. The van der Waals surface area contributed by atoms with Crippen molar-refractivity contribution in [3.05, 3.63) is 40.8 Å². The van der Waals surface area contributed by atoms with Crippen LogP contribution in [0.15, 0.2) is 24.8 Å². The fourth-order valence-corrected chi connectivity index (χ4v) is 2.86. The monoisotopic (exact) mass is 188 g/mol. The Morgan fingerprint density at radius 1 is 1.31 bits per heavy atom. The molecule has 0 saturated heterocycles. The fourth-order valence-electron chi connectivity index (χ4n) is 1.71. The summed E-state index contributed by atoms with van der Waals surface area (Å²) in [7, 11) is 0. The molecule has 1 aromatic carbocycles. The molecule has 0 aliphatic carbocycles. The topological polar surface area (TPSA) is 0 Å². The van der Waals surface area contributed by atoms with E-state index < -0.39 is 0 Å². The highest BCUT2D eigenvalue weighted by molar-refractivity contribution is 7.19. The summed E-state index contributed by atoms with van der Waals surface area (Å²) >= 11 is 1.85. The standard InChI is InChI=1S/C12H12S/c1-4-10-9(3)13-11-7-5-6-8(2)12(10)11/h4-7H,1H2,2-3H3. The summed E-state index contributed by atoms with van der Waals surface area (Å²) in [5, 5.41) is 1.38. The molecule has 0 unspecified atom stereocenters. The molecule has 1 aromatic heterocycles. The first-order valence-corrected chi connectivity index (χ1v) is 5.17. The van der Waals surface area contributed by atoms with Gasteiger partial charge in [-0.15, -0.1) is 11.3 Å². The molecule has 2 aromatic rings. The Morgan fingerprint density at radius 3 is 2.77 bits per heavy atom. The van der Waals surface area contributed by atoms with E-state index in [2.05, 4.69) is 38.6 Å². The van der Waals surface area contributed by atoms with Crippen molar-refractivity contribution in [2.24, 2.45) is 0 Å². The molecule has 0 nitrogen and oxygen atoms in total. The summed E-state index contributed by atoms with van der Waals surface area (Å²) in [5.41, 5.74) is 2.65. The normalized spacial score (nSPS) is 10.6. The number of benzene rings is 1. The summed E-state index contributed by atoms with van der Waals surface area (Å²) in [6.07, 6.45) is 1.96. The highest BCUT2D eigenvalue weighted by Crippen LogP contribution is 2.33. The van der Waals surface area contributed by atoms with Gasteiger partial charge in [-0.3, -0.25) is 0 Å². The maximum absolute atomic E-state index is 3.86. The zero-order chi connectivity index (χ0) is 9.42. The number of aryl methyl sites for hydroxylation is 2. The van der Waals surface area contributed by atoms with Crippen molar-refractivity contribution >= 4 is 27.5 Å². The van der Waals surface area contributed by atoms with Gasteiger partial charge in [0.05, 0.1) is 0 Å². The van der Waals surface area contributed by atoms with Crippen molar-refractivity contribution in [3.8, 4) is 0 Å². The Hall–Kier alpha value is -1.08. The number of rotatable bonds is 1. The molecule has 66 valence electrons. The van der Waals surface area contributed by atoms with Crippen LogP contribution >= 0.6 is 11.3 Å². The van der Waals surface area contributed by atoms with Gasteiger partial charge in [0.25, 0.3) is 0 Å². The van der Waals surface area contributed by atoms with Crippen LogP contribution in [0.2, 0.25) is 0 Å². The second-order valence-corrected chi connectivity index (χ2v) is 4.48. The lowest BCUT2D eigenvalue weighted by molar-refractivity contribution is 1.53. The minimum absolute atomic E-state index is 1.30.